The molecular formula is C19H28BrN3O3S. The van der Waals surface area contributed by atoms with Crippen LogP contribution in [0.15, 0.2) is 33.6 Å². The van der Waals surface area contributed by atoms with Crippen molar-refractivity contribution in [2.75, 3.05) is 40.3 Å². The molecule has 1 amide bonds. The topological polar surface area (TPSA) is 60.9 Å². The van der Waals surface area contributed by atoms with Gasteiger partial charge in [-0.1, -0.05) is 15.9 Å². The van der Waals surface area contributed by atoms with E-state index >= 15 is 0 Å². The van der Waals surface area contributed by atoms with E-state index in [0.717, 1.165) is 43.2 Å². The van der Waals surface area contributed by atoms with Crippen LogP contribution >= 0.6 is 15.9 Å². The molecule has 150 valence electrons. The molecule has 1 aromatic carbocycles. The van der Waals surface area contributed by atoms with E-state index in [2.05, 4.69) is 34.9 Å². The number of benzene rings is 1. The summed E-state index contributed by atoms with van der Waals surface area (Å²) >= 11 is 3.33. The van der Waals surface area contributed by atoms with Gasteiger partial charge in [-0.15, -0.1) is 0 Å². The highest BCUT2D eigenvalue weighted by Gasteiger charge is 2.36. The van der Waals surface area contributed by atoms with E-state index in [0.29, 0.717) is 12.6 Å². The zero-order valence-corrected chi connectivity index (χ0v) is 18.4. The summed E-state index contributed by atoms with van der Waals surface area (Å²) in [5, 5.41) is 0. The highest BCUT2D eigenvalue weighted by Crippen LogP contribution is 2.27. The van der Waals surface area contributed by atoms with E-state index in [9.17, 15) is 13.2 Å². The Morgan fingerprint density at radius 2 is 1.70 bits per heavy atom. The van der Waals surface area contributed by atoms with E-state index in [1.807, 2.05) is 4.90 Å². The molecule has 0 spiro atoms. The molecule has 1 unspecified atom stereocenters. The summed E-state index contributed by atoms with van der Waals surface area (Å²) < 4.78 is 28.2. The van der Waals surface area contributed by atoms with E-state index < -0.39 is 10.0 Å². The highest BCUT2D eigenvalue weighted by molar-refractivity contribution is 9.10. The first kappa shape index (κ1) is 20.8. The van der Waals surface area contributed by atoms with Gasteiger partial charge in [-0.3, -0.25) is 4.79 Å². The molecule has 27 heavy (non-hydrogen) atoms. The van der Waals surface area contributed by atoms with Crippen molar-refractivity contribution in [3.8, 4) is 0 Å². The summed E-state index contributed by atoms with van der Waals surface area (Å²) in [4.78, 5) is 17.4. The Morgan fingerprint density at radius 3 is 2.30 bits per heavy atom. The van der Waals surface area contributed by atoms with Gasteiger partial charge in [0.2, 0.25) is 15.9 Å². The minimum Gasteiger partial charge on any atom is -0.342 e. The second kappa shape index (κ2) is 8.59. The van der Waals surface area contributed by atoms with Crippen molar-refractivity contribution < 1.29 is 13.2 Å². The lowest BCUT2D eigenvalue weighted by molar-refractivity contribution is -0.138. The number of carbonyl (C=O) groups is 1. The Hall–Kier alpha value is -0.960. The summed E-state index contributed by atoms with van der Waals surface area (Å²) in [6.07, 6.45) is 3.44. The van der Waals surface area contributed by atoms with Crippen LogP contribution in [0.5, 0.6) is 0 Å². The number of likely N-dealkylation sites (tertiary alicyclic amines) is 1. The lowest BCUT2D eigenvalue weighted by atomic mass is 9.96. The molecule has 6 nitrogen and oxygen atoms in total. The first-order chi connectivity index (χ1) is 12.8. The van der Waals surface area contributed by atoms with Crippen LogP contribution in [0.1, 0.15) is 25.7 Å². The highest BCUT2D eigenvalue weighted by atomic mass is 79.9. The third kappa shape index (κ3) is 4.72. The molecule has 0 aliphatic carbocycles. The lowest BCUT2D eigenvalue weighted by Gasteiger charge is -2.38. The van der Waals surface area contributed by atoms with Crippen molar-refractivity contribution >= 4 is 31.9 Å². The van der Waals surface area contributed by atoms with E-state index in [1.54, 1.807) is 24.3 Å². The van der Waals surface area contributed by atoms with E-state index in [-0.39, 0.29) is 23.3 Å². The first-order valence-corrected chi connectivity index (χ1v) is 11.7. The fourth-order valence-corrected chi connectivity index (χ4v) is 5.77. The Kier molecular flexibility index (Phi) is 6.61. The second-order valence-electron chi connectivity index (χ2n) is 7.68. The number of rotatable bonds is 4. The van der Waals surface area contributed by atoms with Gasteiger partial charge in [0.15, 0.2) is 0 Å². The summed E-state index contributed by atoms with van der Waals surface area (Å²) in [6.45, 7) is 2.28. The summed E-state index contributed by atoms with van der Waals surface area (Å²) in [5.74, 6) is -0.122. The van der Waals surface area contributed by atoms with Crippen LogP contribution in [0.2, 0.25) is 0 Å². The first-order valence-electron chi connectivity index (χ1n) is 9.50. The van der Waals surface area contributed by atoms with Crippen LogP contribution in [-0.4, -0.2) is 74.7 Å². The predicted octanol–water partition coefficient (Wildman–Crippen LogP) is 2.40. The maximum atomic E-state index is 13.0. The summed E-state index contributed by atoms with van der Waals surface area (Å²) in [6, 6.07) is 7.20. The van der Waals surface area contributed by atoms with Gasteiger partial charge in [-0.25, -0.2) is 8.42 Å². The van der Waals surface area contributed by atoms with Gasteiger partial charge >= 0.3 is 0 Å². The SMILES string of the molecule is CN(C)C1CCN(C(=O)C2CCCN(S(=O)(=O)c3ccc(Br)cc3)C2)CC1. The number of hydrogen-bond donors (Lipinski definition) is 0. The maximum absolute atomic E-state index is 13.0. The summed E-state index contributed by atoms with van der Waals surface area (Å²) in [7, 11) is 0.594. The minimum atomic E-state index is -3.56. The van der Waals surface area contributed by atoms with Crippen molar-refractivity contribution in [3.05, 3.63) is 28.7 Å². The van der Waals surface area contributed by atoms with Crippen LogP contribution in [0, 0.1) is 5.92 Å². The molecule has 2 saturated heterocycles. The molecule has 2 aliphatic rings. The molecule has 2 aliphatic heterocycles. The molecule has 8 heteroatoms. The number of sulfonamides is 1. The molecule has 0 radical (unpaired) electrons. The summed E-state index contributed by atoms with van der Waals surface area (Å²) in [5.41, 5.74) is 0. The van der Waals surface area contributed by atoms with Gasteiger partial charge < -0.3 is 9.80 Å². The molecular weight excluding hydrogens is 430 g/mol. The Morgan fingerprint density at radius 1 is 1.07 bits per heavy atom. The predicted molar refractivity (Wildman–Crippen MR) is 109 cm³/mol. The molecule has 0 aromatic heterocycles. The fourth-order valence-electron chi connectivity index (χ4n) is 3.98. The Labute approximate surface area is 170 Å². The van der Waals surface area contributed by atoms with Crippen molar-refractivity contribution in [1.29, 1.82) is 0 Å². The second-order valence-corrected chi connectivity index (χ2v) is 10.5. The van der Waals surface area contributed by atoms with Crippen molar-refractivity contribution in [2.24, 2.45) is 5.92 Å². The fraction of sp³-hybridized carbons (Fsp3) is 0.632. The van der Waals surface area contributed by atoms with Gasteiger partial charge in [-0.2, -0.15) is 4.31 Å². The minimum absolute atomic E-state index is 0.114. The third-order valence-corrected chi connectivity index (χ3v) is 8.10. The molecule has 2 fully saturated rings. The van der Waals surface area contributed by atoms with Crippen LogP contribution in [0.3, 0.4) is 0 Å². The number of amides is 1. The smallest absolute Gasteiger partial charge is 0.243 e. The number of piperidine rings is 2. The van der Waals surface area contributed by atoms with E-state index in [1.165, 1.54) is 4.31 Å². The molecule has 2 heterocycles. The normalized spacial score (nSPS) is 23.0. The molecule has 1 aromatic rings. The van der Waals surface area contributed by atoms with E-state index in [4.69, 9.17) is 0 Å². The Balaban J connectivity index is 1.65. The zero-order chi connectivity index (χ0) is 19.6. The Bertz CT molecular complexity index is 759. The average Bonchev–Trinajstić information content (AvgIpc) is 2.68. The van der Waals surface area contributed by atoms with Crippen LogP contribution in [0.4, 0.5) is 0 Å². The molecule has 0 bridgehead atoms. The number of halogens is 1. The largest absolute Gasteiger partial charge is 0.342 e. The molecule has 1 atom stereocenters. The van der Waals surface area contributed by atoms with Crippen molar-refractivity contribution in [1.82, 2.24) is 14.1 Å². The van der Waals surface area contributed by atoms with Gasteiger partial charge in [0.25, 0.3) is 0 Å². The number of nitrogens with zero attached hydrogens (tertiary/aromatic N) is 3. The standard InChI is InChI=1S/C19H28BrN3O3S/c1-21(2)17-9-12-22(13-10-17)19(24)15-4-3-11-23(14-15)27(25,26)18-7-5-16(20)6-8-18/h5-8,15,17H,3-4,9-14H2,1-2H3. The lowest BCUT2D eigenvalue weighted by Crippen LogP contribution is -2.50. The monoisotopic (exact) mass is 457 g/mol. The van der Waals surface area contributed by atoms with Gasteiger partial charge in [0.05, 0.1) is 10.8 Å². The van der Waals surface area contributed by atoms with Crippen LogP contribution in [-0.2, 0) is 14.8 Å². The van der Waals surface area contributed by atoms with Gasteiger partial charge in [0.1, 0.15) is 0 Å². The van der Waals surface area contributed by atoms with Gasteiger partial charge in [-0.05, 0) is 64.0 Å². The number of carbonyl (C=O) groups excluding carboxylic acids is 1. The average molecular weight is 458 g/mol. The van der Waals surface area contributed by atoms with Crippen molar-refractivity contribution in [3.63, 3.8) is 0 Å². The molecule has 3 rings (SSSR count). The third-order valence-electron chi connectivity index (χ3n) is 5.69. The van der Waals surface area contributed by atoms with Crippen LogP contribution < -0.4 is 0 Å². The van der Waals surface area contributed by atoms with Gasteiger partial charge in [0, 0.05) is 36.7 Å². The quantitative estimate of drug-likeness (QED) is 0.696. The molecule has 0 N–H and O–H groups in total. The van der Waals surface area contributed by atoms with Crippen LogP contribution in [0.25, 0.3) is 0 Å². The van der Waals surface area contributed by atoms with Crippen molar-refractivity contribution in [2.45, 2.75) is 36.6 Å². The maximum Gasteiger partial charge on any atom is 0.243 e. The number of hydrogen-bond acceptors (Lipinski definition) is 4. The zero-order valence-electron chi connectivity index (χ0n) is 16.0. The molecule has 0 saturated carbocycles.